The first-order valence-electron chi connectivity index (χ1n) is 4.91. The van der Waals surface area contributed by atoms with Crippen molar-refractivity contribution in [1.29, 1.82) is 0 Å². The number of ether oxygens (including phenoxy) is 1. The van der Waals surface area contributed by atoms with E-state index in [-0.39, 0.29) is 11.5 Å². The van der Waals surface area contributed by atoms with Crippen molar-refractivity contribution in [2.24, 2.45) is 10.5 Å². The maximum absolute atomic E-state index is 8.24. The molecule has 4 nitrogen and oxygen atoms in total. The SMILES string of the molecule is CCC1(CC)CCOC1CN=[N+]=[N-]. The van der Waals surface area contributed by atoms with E-state index in [0.29, 0.717) is 6.54 Å². The molecule has 1 atom stereocenters. The van der Waals surface area contributed by atoms with Crippen LogP contribution in [0.25, 0.3) is 10.4 Å². The zero-order valence-electron chi connectivity index (χ0n) is 8.36. The van der Waals surface area contributed by atoms with Crippen molar-refractivity contribution in [1.82, 2.24) is 0 Å². The van der Waals surface area contributed by atoms with Crippen LogP contribution in [0.3, 0.4) is 0 Å². The van der Waals surface area contributed by atoms with E-state index in [1.807, 2.05) is 0 Å². The zero-order chi connectivity index (χ0) is 9.73. The Labute approximate surface area is 78.9 Å². The molecule has 0 aromatic heterocycles. The highest BCUT2D eigenvalue weighted by molar-refractivity contribution is 4.91. The summed E-state index contributed by atoms with van der Waals surface area (Å²) in [5.41, 5.74) is 8.50. The summed E-state index contributed by atoms with van der Waals surface area (Å²) in [5.74, 6) is 0. The van der Waals surface area contributed by atoms with E-state index in [2.05, 4.69) is 23.9 Å². The van der Waals surface area contributed by atoms with Gasteiger partial charge in [0.25, 0.3) is 0 Å². The third-order valence-electron chi connectivity index (χ3n) is 3.32. The van der Waals surface area contributed by atoms with Gasteiger partial charge in [0.1, 0.15) is 0 Å². The molecule has 0 saturated carbocycles. The van der Waals surface area contributed by atoms with Gasteiger partial charge in [-0.15, -0.1) is 0 Å². The number of rotatable bonds is 4. The van der Waals surface area contributed by atoms with Crippen LogP contribution in [0.2, 0.25) is 0 Å². The van der Waals surface area contributed by atoms with E-state index in [4.69, 9.17) is 10.3 Å². The molecule has 0 bridgehead atoms. The molecule has 0 spiro atoms. The van der Waals surface area contributed by atoms with Gasteiger partial charge in [-0.05, 0) is 30.2 Å². The Morgan fingerprint density at radius 3 is 2.77 bits per heavy atom. The smallest absolute Gasteiger partial charge is 0.0688 e. The molecule has 1 aliphatic rings. The van der Waals surface area contributed by atoms with Gasteiger partial charge in [0.05, 0.1) is 12.6 Å². The van der Waals surface area contributed by atoms with Gasteiger partial charge in [0.15, 0.2) is 0 Å². The fraction of sp³-hybridized carbons (Fsp3) is 1.00. The number of hydrogen-bond acceptors (Lipinski definition) is 2. The molecule has 1 rings (SSSR count). The third-order valence-corrected chi connectivity index (χ3v) is 3.32. The Morgan fingerprint density at radius 2 is 2.23 bits per heavy atom. The first-order chi connectivity index (χ1) is 6.29. The van der Waals surface area contributed by atoms with E-state index < -0.39 is 0 Å². The Bertz CT molecular complexity index is 207. The minimum Gasteiger partial charge on any atom is -0.377 e. The molecule has 0 amide bonds. The van der Waals surface area contributed by atoms with Crippen molar-refractivity contribution in [3.8, 4) is 0 Å². The van der Waals surface area contributed by atoms with Crippen LogP contribution in [-0.2, 0) is 4.74 Å². The maximum Gasteiger partial charge on any atom is 0.0688 e. The summed E-state index contributed by atoms with van der Waals surface area (Å²) in [5, 5.41) is 3.60. The molecule has 1 fully saturated rings. The Hall–Kier alpha value is -0.730. The van der Waals surface area contributed by atoms with Gasteiger partial charge < -0.3 is 4.74 Å². The summed E-state index contributed by atoms with van der Waals surface area (Å²) in [6, 6.07) is 0. The fourth-order valence-corrected chi connectivity index (χ4v) is 2.16. The highest BCUT2D eigenvalue weighted by Crippen LogP contribution is 2.41. The van der Waals surface area contributed by atoms with Gasteiger partial charge in [0.2, 0.25) is 0 Å². The van der Waals surface area contributed by atoms with Gasteiger partial charge >= 0.3 is 0 Å². The summed E-state index contributed by atoms with van der Waals surface area (Å²) in [4.78, 5) is 2.78. The molecule has 13 heavy (non-hydrogen) atoms. The predicted molar refractivity (Wildman–Crippen MR) is 51.4 cm³/mol. The molecule has 0 aliphatic carbocycles. The number of nitrogens with zero attached hydrogens (tertiary/aromatic N) is 3. The summed E-state index contributed by atoms with van der Waals surface area (Å²) < 4.78 is 5.59. The Balaban J connectivity index is 2.65. The van der Waals surface area contributed by atoms with E-state index in [0.717, 1.165) is 25.9 Å². The van der Waals surface area contributed by atoms with Crippen LogP contribution >= 0.6 is 0 Å². The van der Waals surface area contributed by atoms with Crippen molar-refractivity contribution in [3.05, 3.63) is 10.4 Å². The lowest BCUT2D eigenvalue weighted by Gasteiger charge is -2.30. The predicted octanol–water partition coefficient (Wildman–Crippen LogP) is 2.89. The second-order valence-electron chi connectivity index (χ2n) is 3.59. The zero-order valence-corrected chi connectivity index (χ0v) is 8.36. The van der Waals surface area contributed by atoms with Crippen LogP contribution in [0.5, 0.6) is 0 Å². The average Bonchev–Trinajstić information content (AvgIpc) is 2.58. The van der Waals surface area contributed by atoms with E-state index in [1.165, 1.54) is 0 Å². The average molecular weight is 183 g/mol. The topological polar surface area (TPSA) is 58.0 Å². The summed E-state index contributed by atoms with van der Waals surface area (Å²) in [6.07, 6.45) is 3.45. The van der Waals surface area contributed by atoms with Crippen LogP contribution in [-0.4, -0.2) is 19.3 Å². The highest BCUT2D eigenvalue weighted by atomic mass is 16.5. The minimum absolute atomic E-state index is 0.137. The molecule has 4 heteroatoms. The summed E-state index contributed by atoms with van der Waals surface area (Å²) in [7, 11) is 0. The van der Waals surface area contributed by atoms with Gasteiger partial charge in [-0.1, -0.05) is 19.0 Å². The van der Waals surface area contributed by atoms with Gasteiger partial charge in [-0.2, -0.15) is 0 Å². The molecular weight excluding hydrogens is 166 g/mol. The normalized spacial score (nSPS) is 25.5. The first kappa shape index (κ1) is 10.4. The minimum atomic E-state index is 0.137. The molecule has 1 unspecified atom stereocenters. The molecule has 0 N–H and O–H groups in total. The van der Waals surface area contributed by atoms with Crippen molar-refractivity contribution in [2.45, 2.75) is 39.2 Å². The van der Waals surface area contributed by atoms with Gasteiger partial charge in [-0.25, -0.2) is 0 Å². The molecule has 1 saturated heterocycles. The van der Waals surface area contributed by atoms with E-state index >= 15 is 0 Å². The summed E-state index contributed by atoms with van der Waals surface area (Å²) >= 11 is 0. The van der Waals surface area contributed by atoms with E-state index in [9.17, 15) is 0 Å². The molecule has 1 heterocycles. The maximum atomic E-state index is 8.24. The molecule has 74 valence electrons. The van der Waals surface area contributed by atoms with Gasteiger partial charge in [-0.3, -0.25) is 0 Å². The third kappa shape index (κ3) is 1.95. The van der Waals surface area contributed by atoms with Crippen LogP contribution in [0.15, 0.2) is 5.11 Å². The van der Waals surface area contributed by atoms with Gasteiger partial charge in [0, 0.05) is 11.5 Å². The highest BCUT2D eigenvalue weighted by Gasteiger charge is 2.40. The van der Waals surface area contributed by atoms with Crippen molar-refractivity contribution >= 4 is 0 Å². The van der Waals surface area contributed by atoms with Crippen LogP contribution in [0.1, 0.15) is 33.1 Å². The molecule has 0 radical (unpaired) electrons. The second kappa shape index (κ2) is 4.49. The number of hydrogen-bond donors (Lipinski definition) is 0. The standard InChI is InChI=1S/C9H17N3O/c1-3-9(4-2)5-6-13-8(9)7-11-12-10/h8H,3-7H2,1-2H3. The molecular formula is C9H17N3O. The fourth-order valence-electron chi connectivity index (χ4n) is 2.16. The quantitative estimate of drug-likeness (QED) is 0.375. The lowest BCUT2D eigenvalue weighted by atomic mass is 9.76. The van der Waals surface area contributed by atoms with Crippen molar-refractivity contribution in [3.63, 3.8) is 0 Å². The molecule has 0 aromatic rings. The number of azide groups is 1. The van der Waals surface area contributed by atoms with Crippen molar-refractivity contribution < 1.29 is 4.74 Å². The van der Waals surface area contributed by atoms with E-state index in [1.54, 1.807) is 0 Å². The molecule has 1 aliphatic heterocycles. The van der Waals surface area contributed by atoms with Crippen LogP contribution in [0.4, 0.5) is 0 Å². The molecule has 0 aromatic carbocycles. The Morgan fingerprint density at radius 1 is 1.54 bits per heavy atom. The monoisotopic (exact) mass is 183 g/mol. The summed E-state index contributed by atoms with van der Waals surface area (Å²) in [6.45, 7) is 5.66. The Kier molecular flexibility index (Phi) is 3.58. The van der Waals surface area contributed by atoms with Crippen molar-refractivity contribution in [2.75, 3.05) is 13.2 Å². The lowest BCUT2D eigenvalue weighted by molar-refractivity contribution is 0.0511. The van der Waals surface area contributed by atoms with Crippen LogP contribution in [0, 0.1) is 5.41 Å². The second-order valence-corrected chi connectivity index (χ2v) is 3.59. The first-order valence-corrected chi connectivity index (χ1v) is 4.91. The lowest BCUT2D eigenvalue weighted by Crippen LogP contribution is -2.31. The van der Waals surface area contributed by atoms with Crippen LogP contribution < -0.4 is 0 Å². The largest absolute Gasteiger partial charge is 0.377 e.